The minimum Gasteiger partial charge on any atom is -0.0649 e. The summed E-state index contributed by atoms with van der Waals surface area (Å²) in [6.07, 6.45) is 2.42. The molecule has 0 amide bonds. The second kappa shape index (κ2) is 3.95. The molecular weight excluding hydrogens is 156 g/mol. The molecule has 1 rings (SSSR count). The first-order valence-corrected chi connectivity index (χ1v) is 5.09. The van der Waals surface area contributed by atoms with Gasteiger partial charge in [0.15, 0.2) is 0 Å². The average Bonchev–Trinajstić information content (AvgIpc) is 2.09. The average molecular weight is 176 g/mol. The second-order valence-corrected chi connectivity index (χ2v) is 4.68. The minimum atomic E-state index is 0.440. The van der Waals surface area contributed by atoms with E-state index in [1.807, 2.05) is 0 Å². The summed E-state index contributed by atoms with van der Waals surface area (Å²) in [6.45, 7) is 9.04. The van der Waals surface area contributed by atoms with Gasteiger partial charge in [-0.05, 0) is 24.3 Å². The predicted octanol–water partition coefficient (Wildman–Crippen LogP) is 3.97. The number of hydrogen-bond acceptors (Lipinski definition) is 0. The van der Waals surface area contributed by atoms with Crippen molar-refractivity contribution < 1.29 is 0 Å². The molecule has 0 N–H and O–H groups in total. The zero-order valence-electron chi connectivity index (χ0n) is 9.22. The maximum absolute atomic E-state index is 2.33. The lowest BCUT2D eigenvalue weighted by Crippen LogP contribution is -2.13. The molecule has 0 spiro atoms. The smallest absolute Gasteiger partial charge is 0.0227 e. The number of rotatable bonds is 3. The van der Waals surface area contributed by atoms with Crippen molar-refractivity contribution >= 4 is 0 Å². The predicted molar refractivity (Wildman–Crippen MR) is 59.0 cm³/mol. The van der Waals surface area contributed by atoms with Crippen molar-refractivity contribution in [3.8, 4) is 0 Å². The van der Waals surface area contributed by atoms with E-state index in [4.69, 9.17) is 0 Å². The lowest BCUT2D eigenvalue weighted by Gasteiger charge is -2.22. The standard InChI is InChI=1S/C13H20/c1-5-13(3,4)10-12-8-6-11(2)7-9-12/h6-9H,5,10H2,1-4H3. The van der Waals surface area contributed by atoms with E-state index in [1.54, 1.807) is 0 Å². The fourth-order valence-electron chi connectivity index (χ4n) is 1.38. The quantitative estimate of drug-likeness (QED) is 0.653. The zero-order chi connectivity index (χ0) is 9.90. The van der Waals surface area contributed by atoms with Crippen LogP contribution in [-0.4, -0.2) is 0 Å². The maximum atomic E-state index is 2.33. The van der Waals surface area contributed by atoms with Crippen molar-refractivity contribution in [1.82, 2.24) is 0 Å². The van der Waals surface area contributed by atoms with E-state index in [2.05, 4.69) is 52.0 Å². The van der Waals surface area contributed by atoms with Crippen LogP contribution in [0.3, 0.4) is 0 Å². The lowest BCUT2D eigenvalue weighted by molar-refractivity contribution is 0.349. The first kappa shape index (κ1) is 10.3. The first-order chi connectivity index (χ1) is 6.03. The van der Waals surface area contributed by atoms with Crippen molar-refractivity contribution in [2.45, 2.75) is 40.5 Å². The highest BCUT2D eigenvalue weighted by Crippen LogP contribution is 2.25. The van der Waals surface area contributed by atoms with Crippen LogP contribution in [0.2, 0.25) is 0 Å². The van der Waals surface area contributed by atoms with Gasteiger partial charge in [-0.25, -0.2) is 0 Å². The molecule has 0 fully saturated rings. The maximum Gasteiger partial charge on any atom is -0.0227 e. The first-order valence-electron chi connectivity index (χ1n) is 5.09. The third kappa shape index (κ3) is 3.22. The topological polar surface area (TPSA) is 0 Å². The van der Waals surface area contributed by atoms with Gasteiger partial charge >= 0.3 is 0 Å². The molecule has 0 heteroatoms. The third-order valence-electron chi connectivity index (χ3n) is 2.76. The molecule has 0 saturated heterocycles. The van der Waals surface area contributed by atoms with Crippen molar-refractivity contribution in [2.24, 2.45) is 5.41 Å². The summed E-state index contributed by atoms with van der Waals surface area (Å²) >= 11 is 0. The summed E-state index contributed by atoms with van der Waals surface area (Å²) < 4.78 is 0. The monoisotopic (exact) mass is 176 g/mol. The molecule has 72 valence electrons. The lowest BCUT2D eigenvalue weighted by atomic mass is 9.83. The Bertz CT molecular complexity index is 254. The molecule has 0 aliphatic heterocycles. The van der Waals surface area contributed by atoms with Crippen molar-refractivity contribution in [3.05, 3.63) is 35.4 Å². The molecular formula is C13H20. The normalized spacial score (nSPS) is 11.7. The molecule has 13 heavy (non-hydrogen) atoms. The van der Waals surface area contributed by atoms with Crippen LogP contribution in [0, 0.1) is 12.3 Å². The van der Waals surface area contributed by atoms with Crippen LogP contribution in [0.15, 0.2) is 24.3 Å². The summed E-state index contributed by atoms with van der Waals surface area (Å²) in [4.78, 5) is 0. The fraction of sp³-hybridized carbons (Fsp3) is 0.538. The van der Waals surface area contributed by atoms with Gasteiger partial charge in [0.2, 0.25) is 0 Å². The molecule has 0 atom stereocenters. The van der Waals surface area contributed by atoms with Crippen LogP contribution >= 0.6 is 0 Å². The summed E-state index contributed by atoms with van der Waals surface area (Å²) in [6, 6.07) is 8.88. The van der Waals surface area contributed by atoms with Crippen LogP contribution in [0.5, 0.6) is 0 Å². The van der Waals surface area contributed by atoms with E-state index in [0.29, 0.717) is 5.41 Å². The van der Waals surface area contributed by atoms with Crippen molar-refractivity contribution in [1.29, 1.82) is 0 Å². The van der Waals surface area contributed by atoms with Crippen molar-refractivity contribution in [2.75, 3.05) is 0 Å². The van der Waals surface area contributed by atoms with Gasteiger partial charge in [-0.1, -0.05) is 57.0 Å². The van der Waals surface area contributed by atoms with Crippen LogP contribution < -0.4 is 0 Å². The summed E-state index contributed by atoms with van der Waals surface area (Å²) in [5, 5.41) is 0. The molecule has 0 heterocycles. The van der Waals surface area contributed by atoms with Crippen LogP contribution in [0.1, 0.15) is 38.3 Å². The Morgan fingerprint density at radius 2 is 1.62 bits per heavy atom. The molecule has 0 saturated carbocycles. The third-order valence-corrected chi connectivity index (χ3v) is 2.76. The molecule has 0 nitrogen and oxygen atoms in total. The van der Waals surface area contributed by atoms with Crippen LogP contribution in [0.4, 0.5) is 0 Å². The highest BCUT2D eigenvalue weighted by molar-refractivity contribution is 5.22. The van der Waals surface area contributed by atoms with Gasteiger partial charge in [0, 0.05) is 0 Å². The minimum absolute atomic E-state index is 0.440. The molecule has 0 aromatic heterocycles. The Balaban J connectivity index is 2.69. The summed E-state index contributed by atoms with van der Waals surface area (Å²) in [7, 11) is 0. The Hall–Kier alpha value is -0.780. The Labute approximate surface area is 82.0 Å². The van der Waals surface area contributed by atoms with Gasteiger partial charge in [0.05, 0.1) is 0 Å². The van der Waals surface area contributed by atoms with E-state index < -0.39 is 0 Å². The Morgan fingerprint density at radius 1 is 1.08 bits per heavy atom. The highest BCUT2D eigenvalue weighted by Gasteiger charge is 2.15. The Morgan fingerprint density at radius 3 is 2.08 bits per heavy atom. The molecule has 0 radical (unpaired) electrons. The van der Waals surface area contributed by atoms with Gasteiger partial charge in [0.25, 0.3) is 0 Å². The van der Waals surface area contributed by atoms with Gasteiger partial charge in [0.1, 0.15) is 0 Å². The summed E-state index contributed by atoms with van der Waals surface area (Å²) in [5.41, 5.74) is 3.24. The molecule has 0 aliphatic carbocycles. The van der Waals surface area contributed by atoms with E-state index in [9.17, 15) is 0 Å². The van der Waals surface area contributed by atoms with Gasteiger partial charge in [-0.3, -0.25) is 0 Å². The highest BCUT2D eigenvalue weighted by atomic mass is 14.2. The number of aryl methyl sites for hydroxylation is 1. The van der Waals surface area contributed by atoms with Gasteiger partial charge in [-0.15, -0.1) is 0 Å². The molecule has 0 bridgehead atoms. The largest absolute Gasteiger partial charge is 0.0649 e. The number of hydrogen-bond donors (Lipinski definition) is 0. The number of benzene rings is 1. The van der Waals surface area contributed by atoms with Gasteiger partial charge in [-0.2, -0.15) is 0 Å². The molecule has 1 aromatic carbocycles. The van der Waals surface area contributed by atoms with Gasteiger partial charge < -0.3 is 0 Å². The van der Waals surface area contributed by atoms with E-state index in [1.165, 1.54) is 24.0 Å². The zero-order valence-corrected chi connectivity index (χ0v) is 9.22. The summed E-state index contributed by atoms with van der Waals surface area (Å²) in [5.74, 6) is 0. The SMILES string of the molecule is CCC(C)(C)Cc1ccc(C)cc1. The molecule has 0 unspecified atom stereocenters. The van der Waals surface area contributed by atoms with E-state index >= 15 is 0 Å². The van der Waals surface area contributed by atoms with Crippen LogP contribution in [-0.2, 0) is 6.42 Å². The molecule has 1 aromatic rings. The van der Waals surface area contributed by atoms with E-state index in [-0.39, 0.29) is 0 Å². The van der Waals surface area contributed by atoms with Crippen LogP contribution in [0.25, 0.3) is 0 Å². The molecule has 0 aliphatic rings. The fourth-order valence-corrected chi connectivity index (χ4v) is 1.38. The Kier molecular flexibility index (Phi) is 3.13. The second-order valence-electron chi connectivity index (χ2n) is 4.68. The van der Waals surface area contributed by atoms with E-state index in [0.717, 1.165) is 0 Å². The van der Waals surface area contributed by atoms with Crippen molar-refractivity contribution in [3.63, 3.8) is 0 Å².